The van der Waals surface area contributed by atoms with Gasteiger partial charge in [0.15, 0.2) is 0 Å². The number of carbonyl (C=O) groups is 1. The largest absolute Gasteiger partial charge is 0.347 e. The SMILES string of the molecule is CC=C(C)CN1CCN(C(=O)c2cc(CN3CN=Cc4ccccc43)ccc2F)C[C@@H]1C. The molecule has 2 aromatic rings. The zero-order valence-corrected chi connectivity index (χ0v) is 19.1. The average Bonchev–Trinajstić information content (AvgIpc) is 2.81. The zero-order chi connectivity index (χ0) is 22.7. The number of anilines is 1. The number of amides is 1. The Balaban J connectivity index is 1.47. The number of hydrogen-bond donors (Lipinski definition) is 0. The van der Waals surface area contributed by atoms with Gasteiger partial charge in [-0.2, -0.15) is 0 Å². The fourth-order valence-electron chi connectivity index (χ4n) is 4.39. The number of para-hydroxylation sites is 1. The van der Waals surface area contributed by atoms with E-state index in [0.717, 1.165) is 29.9 Å². The molecular weight excluding hydrogens is 403 g/mol. The van der Waals surface area contributed by atoms with Gasteiger partial charge in [-0.25, -0.2) is 4.39 Å². The third kappa shape index (κ3) is 4.75. The van der Waals surface area contributed by atoms with Gasteiger partial charge in [-0.3, -0.25) is 14.7 Å². The van der Waals surface area contributed by atoms with Gasteiger partial charge in [0.05, 0.1) is 5.56 Å². The minimum absolute atomic E-state index is 0.154. The molecule has 0 aliphatic carbocycles. The molecule has 0 saturated carbocycles. The Kier molecular flexibility index (Phi) is 6.70. The Bertz CT molecular complexity index is 1050. The highest BCUT2D eigenvalue weighted by molar-refractivity contribution is 5.95. The maximum absolute atomic E-state index is 14.7. The second kappa shape index (κ2) is 9.65. The summed E-state index contributed by atoms with van der Waals surface area (Å²) in [4.78, 5) is 23.9. The van der Waals surface area contributed by atoms with E-state index in [1.807, 2.05) is 31.3 Å². The normalized spacial score (nSPS) is 19.2. The first-order chi connectivity index (χ1) is 15.5. The van der Waals surface area contributed by atoms with Crippen molar-refractivity contribution >= 4 is 17.8 Å². The molecule has 0 bridgehead atoms. The number of allylic oxidation sites excluding steroid dienone is 1. The van der Waals surface area contributed by atoms with Crippen LogP contribution in [0.5, 0.6) is 0 Å². The van der Waals surface area contributed by atoms with E-state index in [1.165, 1.54) is 11.6 Å². The van der Waals surface area contributed by atoms with Crippen LogP contribution < -0.4 is 4.90 Å². The minimum atomic E-state index is -0.462. The van der Waals surface area contributed by atoms with Gasteiger partial charge in [0.1, 0.15) is 12.5 Å². The van der Waals surface area contributed by atoms with Crippen molar-refractivity contribution in [3.05, 3.63) is 76.6 Å². The van der Waals surface area contributed by atoms with Gasteiger partial charge in [-0.1, -0.05) is 35.9 Å². The number of piperazine rings is 1. The van der Waals surface area contributed by atoms with Crippen molar-refractivity contribution in [2.45, 2.75) is 33.4 Å². The van der Waals surface area contributed by atoms with Gasteiger partial charge in [0.25, 0.3) is 5.91 Å². The molecule has 1 fully saturated rings. The number of hydrogen-bond acceptors (Lipinski definition) is 4. The van der Waals surface area contributed by atoms with Crippen molar-refractivity contribution in [3.8, 4) is 0 Å². The first kappa shape index (κ1) is 22.2. The van der Waals surface area contributed by atoms with Crippen molar-refractivity contribution in [3.63, 3.8) is 0 Å². The second-order valence-electron chi connectivity index (χ2n) is 8.73. The summed E-state index contributed by atoms with van der Waals surface area (Å²) in [5.74, 6) is -0.689. The van der Waals surface area contributed by atoms with E-state index in [4.69, 9.17) is 0 Å². The van der Waals surface area contributed by atoms with Crippen molar-refractivity contribution in [2.24, 2.45) is 4.99 Å². The highest BCUT2D eigenvalue weighted by Gasteiger charge is 2.28. The number of nitrogens with zero attached hydrogens (tertiary/aromatic N) is 4. The summed E-state index contributed by atoms with van der Waals surface area (Å²) >= 11 is 0. The molecular formula is C26H31FN4O. The molecule has 5 nitrogen and oxygen atoms in total. The van der Waals surface area contributed by atoms with E-state index in [9.17, 15) is 9.18 Å². The zero-order valence-electron chi connectivity index (χ0n) is 19.1. The third-order valence-electron chi connectivity index (χ3n) is 6.39. The first-order valence-corrected chi connectivity index (χ1v) is 11.2. The van der Waals surface area contributed by atoms with Crippen LogP contribution in [0.2, 0.25) is 0 Å². The molecule has 6 heteroatoms. The molecule has 0 spiro atoms. The molecule has 2 aromatic carbocycles. The summed E-state index contributed by atoms with van der Waals surface area (Å²) in [5, 5.41) is 0. The van der Waals surface area contributed by atoms with E-state index in [0.29, 0.717) is 26.3 Å². The molecule has 1 atom stereocenters. The number of halogens is 1. The maximum atomic E-state index is 14.7. The minimum Gasteiger partial charge on any atom is -0.347 e. The van der Waals surface area contributed by atoms with Gasteiger partial charge in [-0.05, 0) is 44.5 Å². The summed E-state index contributed by atoms with van der Waals surface area (Å²) in [5.41, 5.74) is 4.54. The van der Waals surface area contributed by atoms with Gasteiger partial charge in [0.2, 0.25) is 0 Å². The quantitative estimate of drug-likeness (QED) is 0.658. The Morgan fingerprint density at radius 3 is 2.81 bits per heavy atom. The monoisotopic (exact) mass is 434 g/mol. The van der Waals surface area contributed by atoms with Crippen LogP contribution in [0.25, 0.3) is 0 Å². The predicted octanol–water partition coefficient (Wildman–Crippen LogP) is 4.33. The third-order valence-corrected chi connectivity index (χ3v) is 6.39. The molecule has 168 valence electrons. The van der Waals surface area contributed by atoms with Crippen LogP contribution in [0.3, 0.4) is 0 Å². The number of aliphatic imine (C=N–C) groups is 1. The first-order valence-electron chi connectivity index (χ1n) is 11.2. The smallest absolute Gasteiger partial charge is 0.256 e. The topological polar surface area (TPSA) is 39.1 Å². The lowest BCUT2D eigenvalue weighted by molar-refractivity contribution is 0.0533. The van der Waals surface area contributed by atoms with Crippen LogP contribution >= 0.6 is 0 Å². The molecule has 1 saturated heterocycles. The van der Waals surface area contributed by atoms with Gasteiger partial charge < -0.3 is 9.80 Å². The Morgan fingerprint density at radius 2 is 2.03 bits per heavy atom. The molecule has 2 aliphatic heterocycles. The van der Waals surface area contributed by atoms with Crippen molar-refractivity contribution < 1.29 is 9.18 Å². The Morgan fingerprint density at radius 1 is 1.22 bits per heavy atom. The van der Waals surface area contributed by atoms with E-state index < -0.39 is 5.82 Å². The number of fused-ring (bicyclic) bond motifs is 1. The molecule has 0 aromatic heterocycles. The molecule has 2 heterocycles. The fraction of sp³-hybridized carbons (Fsp3) is 0.385. The lowest BCUT2D eigenvalue weighted by Gasteiger charge is -2.40. The molecule has 0 unspecified atom stereocenters. The maximum Gasteiger partial charge on any atom is 0.256 e. The Labute approximate surface area is 189 Å². The van der Waals surface area contributed by atoms with E-state index in [2.05, 4.69) is 40.8 Å². The van der Waals surface area contributed by atoms with Crippen LogP contribution in [-0.2, 0) is 6.54 Å². The predicted molar refractivity (Wildman–Crippen MR) is 128 cm³/mol. The molecule has 32 heavy (non-hydrogen) atoms. The van der Waals surface area contributed by atoms with E-state index >= 15 is 0 Å². The molecule has 0 radical (unpaired) electrons. The van der Waals surface area contributed by atoms with Crippen molar-refractivity contribution in [1.82, 2.24) is 9.80 Å². The highest BCUT2D eigenvalue weighted by atomic mass is 19.1. The van der Waals surface area contributed by atoms with Crippen LogP contribution in [0, 0.1) is 5.82 Å². The molecule has 1 amide bonds. The average molecular weight is 435 g/mol. The summed E-state index contributed by atoms with van der Waals surface area (Å²) in [6, 6.07) is 13.2. The summed E-state index contributed by atoms with van der Waals surface area (Å²) in [7, 11) is 0. The van der Waals surface area contributed by atoms with Crippen LogP contribution in [0.1, 0.15) is 42.3 Å². The van der Waals surface area contributed by atoms with Crippen molar-refractivity contribution in [1.29, 1.82) is 0 Å². The van der Waals surface area contributed by atoms with E-state index in [1.54, 1.807) is 17.0 Å². The standard InChI is InChI=1S/C26H31FN4O/c1-4-19(2)15-29-11-12-30(16-20(29)3)26(32)23-13-21(9-10-24(23)27)17-31-18-28-14-22-7-5-6-8-25(22)31/h4-10,13-14,20H,11-12,15-18H2,1-3H3/t20-/m0/s1. The number of benzene rings is 2. The van der Waals surface area contributed by atoms with Crippen LogP contribution in [0.4, 0.5) is 10.1 Å². The summed E-state index contributed by atoms with van der Waals surface area (Å²) < 4.78 is 14.7. The van der Waals surface area contributed by atoms with Crippen molar-refractivity contribution in [2.75, 3.05) is 37.7 Å². The number of rotatable bonds is 5. The van der Waals surface area contributed by atoms with Crippen LogP contribution in [0.15, 0.2) is 59.1 Å². The lowest BCUT2D eigenvalue weighted by Crippen LogP contribution is -2.54. The summed E-state index contributed by atoms with van der Waals surface area (Å²) in [6.45, 7) is 10.3. The van der Waals surface area contributed by atoms with E-state index in [-0.39, 0.29) is 17.5 Å². The van der Waals surface area contributed by atoms with Gasteiger partial charge >= 0.3 is 0 Å². The molecule has 0 N–H and O–H groups in total. The summed E-state index contributed by atoms with van der Waals surface area (Å²) in [6.07, 6.45) is 4.00. The lowest BCUT2D eigenvalue weighted by atomic mass is 10.1. The Hall–Kier alpha value is -2.99. The molecule has 4 rings (SSSR count). The number of carbonyl (C=O) groups excluding carboxylic acids is 1. The van der Waals surface area contributed by atoms with Gasteiger partial charge in [0, 0.05) is 56.2 Å². The van der Waals surface area contributed by atoms with Crippen LogP contribution in [-0.4, -0.2) is 60.8 Å². The highest BCUT2D eigenvalue weighted by Crippen LogP contribution is 2.25. The molecule has 2 aliphatic rings. The fourth-order valence-corrected chi connectivity index (χ4v) is 4.39. The van der Waals surface area contributed by atoms with Gasteiger partial charge in [-0.15, -0.1) is 0 Å². The second-order valence-corrected chi connectivity index (χ2v) is 8.73.